The SMILES string of the molecule is CCS(=O)CCNC(=O)NC(=O)CCCCC(=O)O. The van der Waals surface area contributed by atoms with E-state index in [4.69, 9.17) is 5.11 Å². The molecule has 7 nitrogen and oxygen atoms in total. The zero-order chi connectivity index (χ0) is 14.7. The van der Waals surface area contributed by atoms with Crippen LogP contribution in [0.4, 0.5) is 4.79 Å². The van der Waals surface area contributed by atoms with Gasteiger partial charge in [0.15, 0.2) is 0 Å². The molecule has 0 saturated carbocycles. The minimum absolute atomic E-state index is 0.0162. The van der Waals surface area contributed by atoms with Crippen LogP contribution in [0.1, 0.15) is 32.6 Å². The van der Waals surface area contributed by atoms with Crippen LogP contribution < -0.4 is 10.6 Å². The Morgan fingerprint density at radius 3 is 2.37 bits per heavy atom. The predicted molar refractivity (Wildman–Crippen MR) is 71.2 cm³/mol. The highest BCUT2D eigenvalue weighted by Gasteiger charge is 2.07. The monoisotopic (exact) mass is 292 g/mol. The Balaban J connectivity index is 3.61. The van der Waals surface area contributed by atoms with Crippen molar-refractivity contribution in [3.63, 3.8) is 0 Å². The summed E-state index contributed by atoms with van der Waals surface area (Å²) in [6.45, 7) is 2.04. The quantitative estimate of drug-likeness (QED) is 0.526. The zero-order valence-electron chi connectivity index (χ0n) is 10.9. The van der Waals surface area contributed by atoms with Crippen LogP contribution in [0, 0.1) is 0 Å². The average molecular weight is 292 g/mol. The highest BCUT2D eigenvalue weighted by Crippen LogP contribution is 1.99. The summed E-state index contributed by atoms with van der Waals surface area (Å²) in [4.78, 5) is 32.7. The van der Waals surface area contributed by atoms with E-state index in [1.165, 1.54) is 0 Å². The average Bonchev–Trinajstić information content (AvgIpc) is 2.34. The largest absolute Gasteiger partial charge is 0.481 e. The summed E-state index contributed by atoms with van der Waals surface area (Å²) in [7, 11) is -0.950. The van der Waals surface area contributed by atoms with Crippen molar-refractivity contribution in [3.05, 3.63) is 0 Å². The van der Waals surface area contributed by atoms with Gasteiger partial charge >= 0.3 is 12.0 Å². The second-order valence-electron chi connectivity index (χ2n) is 3.84. The second-order valence-corrected chi connectivity index (χ2v) is 5.70. The van der Waals surface area contributed by atoms with Crippen LogP contribution in [0.25, 0.3) is 0 Å². The van der Waals surface area contributed by atoms with Gasteiger partial charge in [0.25, 0.3) is 0 Å². The highest BCUT2D eigenvalue weighted by atomic mass is 32.2. The number of carbonyl (C=O) groups is 3. The lowest BCUT2D eigenvalue weighted by atomic mass is 10.2. The molecule has 0 saturated heterocycles. The smallest absolute Gasteiger partial charge is 0.321 e. The number of unbranched alkanes of at least 4 members (excludes halogenated alkanes) is 1. The van der Waals surface area contributed by atoms with Crippen molar-refractivity contribution in [3.8, 4) is 0 Å². The van der Waals surface area contributed by atoms with E-state index in [1.807, 2.05) is 0 Å². The fourth-order valence-electron chi connectivity index (χ4n) is 1.22. The van der Waals surface area contributed by atoms with Crippen LogP contribution in [-0.4, -0.2) is 45.3 Å². The van der Waals surface area contributed by atoms with Gasteiger partial charge in [-0.2, -0.15) is 0 Å². The topological polar surface area (TPSA) is 113 Å². The summed E-state index contributed by atoms with van der Waals surface area (Å²) < 4.78 is 11.1. The first-order valence-electron chi connectivity index (χ1n) is 6.10. The van der Waals surface area contributed by atoms with Crippen molar-refractivity contribution >= 4 is 28.7 Å². The Labute approximate surface area is 114 Å². The van der Waals surface area contributed by atoms with Crippen LogP contribution in [0.3, 0.4) is 0 Å². The molecule has 0 aliphatic heterocycles. The van der Waals surface area contributed by atoms with E-state index in [0.717, 1.165) is 0 Å². The van der Waals surface area contributed by atoms with Gasteiger partial charge in [-0.15, -0.1) is 0 Å². The number of imide groups is 1. The summed E-state index contributed by atoms with van der Waals surface area (Å²) in [5.41, 5.74) is 0. The van der Waals surface area contributed by atoms with Gasteiger partial charge in [-0.05, 0) is 12.8 Å². The number of urea groups is 1. The summed E-state index contributed by atoms with van der Waals surface area (Å²) in [5, 5.41) is 13.0. The molecule has 19 heavy (non-hydrogen) atoms. The number of carbonyl (C=O) groups excluding carboxylic acids is 2. The van der Waals surface area contributed by atoms with E-state index in [2.05, 4.69) is 10.6 Å². The molecule has 0 spiro atoms. The molecule has 0 aromatic rings. The van der Waals surface area contributed by atoms with E-state index < -0.39 is 28.7 Å². The van der Waals surface area contributed by atoms with Crippen molar-refractivity contribution in [1.82, 2.24) is 10.6 Å². The number of carboxylic acid groups (broad SMARTS) is 1. The fourth-order valence-corrected chi connectivity index (χ4v) is 1.84. The molecule has 0 aliphatic rings. The molecule has 8 heteroatoms. The van der Waals surface area contributed by atoms with Crippen molar-refractivity contribution < 1.29 is 23.7 Å². The summed E-state index contributed by atoms with van der Waals surface area (Å²) in [6, 6.07) is -0.615. The Bertz CT molecular complexity index is 346. The van der Waals surface area contributed by atoms with Gasteiger partial charge in [0, 0.05) is 41.7 Å². The van der Waals surface area contributed by atoms with Gasteiger partial charge in [0.05, 0.1) is 0 Å². The molecule has 3 amide bonds. The number of hydrogen-bond donors (Lipinski definition) is 3. The third kappa shape index (κ3) is 11.4. The summed E-state index contributed by atoms with van der Waals surface area (Å²) in [5.74, 6) is -0.454. The standard InChI is InChI=1S/C11H20N2O5S/c1-2-19(18)8-7-12-11(17)13-9(14)5-3-4-6-10(15)16/h2-8H2,1H3,(H,15,16)(H2,12,13,14,17). The highest BCUT2D eigenvalue weighted by molar-refractivity contribution is 7.84. The lowest BCUT2D eigenvalue weighted by molar-refractivity contribution is -0.137. The molecule has 0 aromatic heterocycles. The van der Waals surface area contributed by atoms with E-state index in [-0.39, 0.29) is 19.4 Å². The molecule has 0 heterocycles. The lowest BCUT2D eigenvalue weighted by Crippen LogP contribution is -2.40. The number of rotatable bonds is 9. The minimum Gasteiger partial charge on any atom is -0.481 e. The first-order chi connectivity index (χ1) is 8.95. The third-order valence-corrected chi connectivity index (χ3v) is 3.54. The maximum atomic E-state index is 11.3. The van der Waals surface area contributed by atoms with Crippen LogP contribution in [0.2, 0.25) is 0 Å². The van der Waals surface area contributed by atoms with Gasteiger partial charge in [-0.3, -0.25) is 19.1 Å². The molecular formula is C11H20N2O5S. The van der Waals surface area contributed by atoms with Crippen LogP contribution in [0.5, 0.6) is 0 Å². The Hall–Kier alpha value is -1.44. The normalized spacial score (nSPS) is 11.6. The van der Waals surface area contributed by atoms with Crippen molar-refractivity contribution in [2.75, 3.05) is 18.1 Å². The Kier molecular flexibility index (Phi) is 9.69. The molecule has 0 fully saturated rings. The maximum absolute atomic E-state index is 11.3. The molecule has 0 aromatic carbocycles. The summed E-state index contributed by atoms with van der Waals surface area (Å²) >= 11 is 0. The van der Waals surface area contributed by atoms with Crippen molar-refractivity contribution in [1.29, 1.82) is 0 Å². The van der Waals surface area contributed by atoms with Gasteiger partial charge in [-0.1, -0.05) is 6.92 Å². The van der Waals surface area contributed by atoms with E-state index in [9.17, 15) is 18.6 Å². The summed E-state index contributed by atoms with van der Waals surface area (Å²) in [6.07, 6.45) is 0.953. The first kappa shape index (κ1) is 17.6. The molecule has 3 N–H and O–H groups in total. The minimum atomic E-state index is -0.950. The number of aliphatic carboxylic acids is 1. The molecule has 110 valence electrons. The zero-order valence-corrected chi connectivity index (χ0v) is 11.8. The molecule has 0 rings (SSSR count). The molecule has 1 atom stereocenters. The number of nitrogens with one attached hydrogen (secondary N) is 2. The lowest BCUT2D eigenvalue weighted by Gasteiger charge is -2.06. The van der Waals surface area contributed by atoms with Gasteiger partial charge in [0.1, 0.15) is 0 Å². The van der Waals surface area contributed by atoms with E-state index in [1.54, 1.807) is 6.92 Å². The fraction of sp³-hybridized carbons (Fsp3) is 0.727. The maximum Gasteiger partial charge on any atom is 0.321 e. The predicted octanol–water partition coefficient (Wildman–Crippen LogP) is 0.226. The first-order valence-corrected chi connectivity index (χ1v) is 7.59. The van der Waals surface area contributed by atoms with Crippen LogP contribution in [-0.2, 0) is 20.4 Å². The Morgan fingerprint density at radius 2 is 1.79 bits per heavy atom. The van der Waals surface area contributed by atoms with Crippen molar-refractivity contribution in [2.24, 2.45) is 0 Å². The third-order valence-electron chi connectivity index (χ3n) is 2.23. The number of carboxylic acids is 1. The van der Waals surface area contributed by atoms with E-state index >= 15 is 0 Å². The van der Waals surface area contributed by atoms with Crippen LogP contribution >= 0.6 is 0 Å². The van der Waals surface area contributed by atoms with Crippen LogP contribution in [0.15, 0.2) is 0 Å². The number of hydrogen-bond acceptors (Lipinski definition) is 4. The second kappa shape index (κ2) is 10.5. The molecule has 0 radical (unpaired) electrons. The van der Waals surface area contributed by atoms with Gasteiger partial charge < -0.3 is 10.4 Å². The Morgan fingerprint density at radius 1 is 1.16 bits per heavy atom. The van der Waals surface area contributed by atoms with Gasteiger partial charge in [0.2, 0.25) is 5.91 Å². The molecule has 1 unspecified atom stereocenters. The number of amides is 3. The van der Waals surface area contributed by atoms with Gasteiger partial charge in [-0.25, -0.2) is 4.79 Å². The van der Waals surface area contributed by atoms with Crippen molar-refractivity contribution in [2.45, 2.75) is 32.6 Å². The van der Waals surface area contributed by atoms with E-state index in [0.29, 0.717) is 24.3 Å². The molecule has 0 aliphatic carbocycles. The molecular weight excluding hydrogens is 272 g/mol. The molecule has 0 bridgehead atoms.